The molecular weight excluding hydrogens is 502 g/mol. The van der Waals surface area contributed by atoms with Crippen LogP contribution < -0.4 is 33.2 Å². The normalized spacial score (nSPS) is 14.1. The summed E-state index contributed by atoms with van der Waals surface area (Å²) in [5.41, 5.74) is 17.5. The number of carbonyl (C=O) groups is 4. The van der Waals surface area contributed by atoms with Gasteiger partial charge in [-0.25, -0.2) is 4.79 Å². The Kier molecular flexibility index (Phi) is 14.6. The van der Waals surface area contributed by atoms with Crippen molar-refractivity contribution < 1.29 is 24.3 Å². The van der Waals surface area contributed by atoms with Gasteiger partial charge in [-0.2, -0.15) is 0 Å². The Morgan fingerprint density at radius 3 is 1.90 bits per heavy atom. The van der Waals surface area contributed by atoms with Gasteiger partial charge in [0.2, 0.25) is 17.7 Å². The number of benzene rings is 1. The van der Waals surface area contributed by atoms with Gasteiger partial charge in [0.15, 0.2) is 5.96 Å². The van der Waals surface area contributed by atoms with Crippen LogP contribution >= 0.6 is 0 Å². The summed E-state index contributed by atoms with van der Waals surface area (Å²) in [6, 6.07) is 4.93. The Hall–Kier alpha value is -3.67. The maximum Gasteiger partial charge on any atom is 0.326 e. The van der Waals surface area contributed by atoms with Gasteiger partial charge in [0.25, 0.3) is 0 Å². The molecule has 4 unspecified atom stereocenters. The molecule has 0 heterocycles. The highest BCUT2D eigenvalue weighted by molar-refractivity contribution is 5.94. The lowest BCUT2D eigenvalue weighted by atomic mass is 10.00. The van der Waals surface area contributed by atoms with Gasteiger partial charge in [-0.05, 0) is 43.1 Å². The fraction of sp³-hybridized carbons (Fsp3) is 0.593. The van der Waals surface area contributed by atoms with Crippen molar-refractivity contribution >= 4 is 29.7 Å². The monoisotopic (exact) mass is 547 g/mol. The van der Waals surface area contributed by atoms with Crippen LogP contribution in [0.1, 0.15) is 58.9 Å². The Balaban J connectivity index is 3.04. The minimum Gasteiger partial charge on any atom is -0.480 e. The fourth-order valence-electron chi connectivity index (χ4n) is 3.96. The van der Waals surface area contributed by atoms with E-state index < -0.39 is 47.9 Å². The number of nitrogens with one attached hydrogen (secondary N) is 3. The molecule has 0 saturated heterocycles. The highest BCUT2D eigenvalue weighted by atomic mass is 16.4. The third-order valence-electron chi connectivity index (χ3n) is 5.88. The molecule has 1 rings (SSSR count). The van der Waals surface area contributed by atoms with Crippen LogP contribution in [-0.4, -0.2) is 65.5 Å². The summed E-state index contributed by atoms with van der Waals surface area (Å²) in [6.45, 7) is 7.87. The van der Waals surface area contributed by atoms with Crippen LogP contribution in [0.5, 0.6) is 0 Å². The number of carboxylic acid groups (broad SMARTS) is 1. The molecule has 10 N–H and O–H groups in total. The quantitative estimate of drug-likeness (QED) is 0.0812. The second-order valence-corrected chi connectivity index (χ2v) is 10.5. The summed E-state index contributed by atoms with van der Waals surface area (Å²) in [7, 11) is 0. The number of guanidine groups is 1. The van der Waals surface area contributed by atoms with E-state index >= 15 is 0 Å². The first-order valence-corrected chi connectivity index (χ1v) is 13.3. The fourth-order valence-corrected chi connectivity index (χ4v) is 3.96. The highest BCUT2D eigenvalue weighted by Gasteiger charge is 2.30. The van der Waals surface area contributed by atoms with Gasteiger partial charge in [-0.1, -0.05) is 58.0 Å². The zero-order valence-corrected chi connectivity index (χ0v) is 23.4. The van der Waals surface area contributed by atoms with Gasteiger partial charge in [-0.3, -0.25) is 19.4 Å². The number of nitrogens with zero attached hydrogens (tertiary/aromatic N) is 1. The molecule has 3 amide bonds. The van der Waals surface area contributed by atoms with E-state index in [9.17, 15) is 24.3 Å². The first-order chi connectivity index (χ1) is 18.3. The second-order valence-electron chi connectivity index (χ2n) is 10.5. The predicted octanol–water partition coefficient (Wildman–Crippen LogP) is 0.241. The van der Waals surface area contributed by atoms with Gasteiger partial charge in [0.05, 0.1) is 6.04 Å². The molecule has 0 aliphatic heterocycles. The molecule has 0 aliphatic rings. The molecule has 218 valence electrons. The lowest BCUT2D eigenvalue weighted by molar-refractivity contribution is -0.142. The molecular formula is C27H45N7O5. The van der Waals surface area contributed by atoms with E-state index in [0.29, 0.717) is 12.8 Å². The van der Waals surface area contributed by atoms with Crippen LogP contribution in [0.15, 0.2) is 35.3 Å². The van der Waals surface area contributed by atoms with Crippen LogP contribution in [0.25, 0.3) is 0 Å². The van der Waals surface area contributed by atoms with E-state index in [0.717, 1.165) is 5.56 Å². The van der Waals surface area contributed by atoms with Gasteiger partial charge in [0, 0.05) is 13.0 Å². The van der Waals surface area contributed by atoms with Crippen molar-refractivity contribution in [1.29, 1.82) is 0 Å². The summed E-state index contributed by atoms with van der Waals surface area (Å²) < 4.78 is 0. The molecule has 0 spiro atoms. The van der Waals surface area contributed by atoms with Gasteiger partial charge in [0.1, 0.15) is 18.1 Å². The summed E-state index contributed by atoms with van der Waals surface area (Å²) in [5, 5.41) is 17.6. The lowest BCUT2D eigenvalue weighted by Crippen LogP contribution is -2.57. The number of hydrogen-bond acceptors (Lipinski definition) is 6. The first-order valence-electron chi connectivity index (χ1n) is 13.3. The highest BCUT2D eigenvalue weighted by Crippen LogP contribution is 2.10. The molecule has 12 nitrogen and oxygen atoms in total. The van der Waals surface area contributed by atoms with E-state index in [1.165, 1.54) is 0 Å². The second kappa shape index (κ2) is 17.0. The number of rotatable bonds is 17. The standard InChI is InChI=1S/C27H45N7O5/c1-16(2)13-19(28)23(35)32-20(11-8-12-31-27(29)30)24(36)33-21(14-17(3)4)25(37)34-22(26(38)39)15-18-9-6-5-7-10-18/h5-7,9-10,16-17,19-22H,8,11-15,28H2,1-4H3,(H,32,35)(H,33,36)(H,34,37)(H,38,39)(H4,29,30,31). The number of carbonyl (C=O) groups excluding carboxylic acids is 3. The van der Waals surface area contributed by atoms with Crippen LogP contribution in [-0.2, 0) is 25.6 Å². The summed E-state index contributed by atoms with van der Waals surface area (Å²) in [4.78, 5) is 55.0. The van der Waals surface area contributed by atoms with Crippen LogP contribution in [0, 0.1) is 11.8 Å². The molecule has 39 heavy (non-hydrogen) atoms. The van der Waals surface area contributed by atoms with Gasteiger partial charge in [-0.15, -0.1) is 0 Å². The summed E-state index contributed by atoms with van der Waals surface area (Å²) >= 11 is 0. The Morgan fingerprint density at radius 2 is 1.36 bits per heavy atom. The zero-order valence-electron chi connectivity index (χ0n) is 23.4. The maximum absolute atomic E-state index is 13.3. The minimum atomic E-state index is -1.19. The molecule has 1 aromatic carbocycles. The van der Waals surface area contributed by atoms with E-state index in [2.05, 4.69) is 20.9 Å². The van der Waals surface area contributed by atoms with Crippen LogP contribution in [0.3, 0.4) is 0 Å². The van der Waals surface area contributed by atoms with Crippen LogP contribution in [0.4, 0.5) is 0 Å². The SMILES string of the molecule is CC(C)CC(N)C(=O)NC(CCCN=C(N)N)C(=O)NC(CC(C)C)C(=O)NC(Cc1ccccc1)C(=O)O. The van der Waals surface area contributed by atoms with Crippen molar-refractivity contribution in [1.82, 2.24) is 16.0 Å². The smallest absolute Gasteiger partial charge is 0.326 e. The molecule has 0 aliphatic carbocycles. The average molecular weight is 548 g/mol. The lowest BCUT2D eigenvalue weighted by Gasteiger charge is -2.26. The molecule has 0 bridgehead atoms. The van der Waals surface area contributed by atoms with E-state index in [-0.39, 0.29) is 43.6 Å². The largest absolute Gasteiger partial charge is 0.480 e. The Morgan fingerprint density at radius 1 is 0.821 bits per heavy atom. The van der Waals surface area contributed by atoms with Crippen molar-refractivity contribution in [2.45, 2.75) is 84.0 Å². The average Bonchev–Trinajstić information content (AvgIpc) is 2.84. The number of carboxylic acids is 1. The summed E-state index contributed by atoms with van der Waals surface area (Å²) in [6.07, 6.45) is 1.36. The molecule has 12 heteroatoms. The van der Waals surface area contributed by atoms with Gasteiger partial charge >= 0.3 is 5.97 Å². The Bertz CT molecular complexity index is 965. The van der Waals surface area contributed by atoms with Gasteiger partial charge < -0.3 is 38.3 Å². The van der Waals surface area contributed by atoms with E-state index in [1.807, 2.05) is 33.8 Å². The third-order valence-corrected chi connectivity index (χ3v) is 5.88. The molecule has 1 aromatic rings. The van der Waals surface area contributed by atoms with Crippen molar-refractivity contribution in [2.24, 2.45) is 34.0 Å². The zero-order chi connectivity index (χ0) is 29.5. The Labute approximate surface area is 230 Å². The number of aliphatic carboxylic acids is 1. The van der Waals surface area contributed by atoms with E-state index in [1.54, 1.807) is 24.3 Å². The van der Waals surface area contributed by atoms with Crippen molar-refractivity contribution in [3.63, 3.8) is 0 Å². The van der Waals surface area contributed by atoms with Crippen molar-refractivity contribution in [2.75, 3.05) is 6.54 Å². The number of nitrogens with two attached hydrogens (primary N) is 3. The molecule has 4 atom stereocenters. The number of amides is 3. The molecule has 0 fully saturated rings. The maximum atomic E-state index is 13.3. The topological polar surface area (TPSA) is 215 Å². The predicted molar refractivity (Wildman–Crippen MR) is 150 cm³/mol. The van der Waals surface area contributed by atoms with E-state index in [4.69, 9.17) is 17.2 Å². The van der Waals surface area contributed by atoms with Crippen LogP contribution in [0.2, 0.25) is 0 Å². The molecule has 0 saturated carbocycles. The molecule has 0 aromatic heterocycles. The minimum absolute atomic E-state index is 0.00724. The van der Waals surface area contributed by atoms with Crippen molar-refractivity contribution in [3.05, 3.63) is 35.9 Å². The number of hydrogen-bond donors (Lipinski definition) is 7. The first kappa shape index (κ1) is 33.4. The number of aliphatic imine (C=N–C) groups is 1. The molecule has 0 radical (unpaired) electrons. The third kappa shape index (κ3) is 13.6. The summed E-state index contributed by atoms with van der Waals surface area (Å²) in [5.74, 6) is -2.78. The van der Waals surface area contributed by atoms with Crippen molar-refractivity contribution in [3.8, 4) is 0 Å².